The van der Waals surface area contributed by atoms with E-state index in [2.05, 4.69) is 35.9 Å². The smallest absolute Gasteiger partial charge is 0.303 e. The summed E-state index contributed by atoms with van der Waals surface area (Å²) in [5.74, 6) is -0.350. The monoisotopic (exact) mass is 508 g/mol. The summed E-state index contributed by atoms with van der Waals surface area (Å²) >= 11 is 5.39. The van der Waals surface area contributed by atoms with Crippen LogP contribution < -0.4 is 0 Å². The molecule has 0 aliphatic heterocycles. The maximum absolute atomic E-state index is 10.6. The molecule has 2 radical (unpaired) electrons. The number of hydrogen-bond donors (Lipinski definition) is 3. The Morgan fingerprint density at radius 3 is 2.71 bits per heavy atom. The van der Waals surface area contributed by atoms with Gasteiger partial charge < -0.3 is 15.3 Å². The second-order valence-corrected chi connectivity index (χ2v) is 10.6. The van der Waals surface area contributed by atoms with Gasteiger partial charge in [-0.15, -0.1) is 11.3 Å². The predicted molar refractivity (Wildman–Crippen MR) is 132 cm³/mol. The summed E-state index contributed by atoms with van der Waals surface area (Å²) in [6.07, 6.45) is 12.0. The third-order valence-corrected chi connectivity index (χ3v) is 8.99. The fraction of sp³-hybridized carbons (Fsp3) is 0.625. The van der Waals surface area contributed by atoms with Crippen molar-refractivity contribution in [3.05, 3.63) is 44.1 Å². The van der Waals surface area contributed by atoms with Crippen LogP contribution in [0.2, 0.25) is 6.32 Å². The van der Waals surface area contributed by atoms with Crippen LogP contribution in [0.1, 0.15) is 53.8 Å². The summed E-state index contributed by atoms with van der Waals surface area (Å²) in [6, 6.07) is 0. The van der Waals surface area contributed by atoms with Crippen LogP contribution in [0.25, 0.3) is 0 Å². The van der Waals surface area contributed by atoms with Gasteiger partial charge in [0.25, 0.3) is 0 Å². The van der Waals surface area contributed by atoms with Crippen LogP contribution in [0.3, 0.4) is 0 Å². The van der Waals surface area contributed by atoms with Crippen LogP contribution in [0.4, 0.5) is 0 Å². The van der Waals surface area contributed by atoms with Gasteiger partial charge in [-0.25, -0.2) is 0 Å². The van der Waals surface area contributed by atoms with Crippen molar-refractivity contribution in [1.29, 1.82) is 0 Å². The fourth-order valence-electron chi connectivity index (χ4n) is 4.42. The molecule has 1 aliphatic carbocycles. The molecule has 1 heterocycles. The highest BCUT2D eigenvalue weighted by molar-refractivity contribution is 9.10. The zero-order valence-electron chi connectivity index (χ0n) is 18.5. The van der Waals surface area contributed by atoms with E-state index in [9.17, 15) is 15.0 Å². The molecule has 7 heteroatoms. The molecule has 1 aromatic heterocycles. The molecule has 0 saturated heterocycles. The number of thiophene rings is 1. The second-order valence-electron chi connectivity index (χ2n) is 8.54. The number of rotatable bonds is 12. The molecule has 1 aliphatic rings. The van der Waals surface area contributed by atoms with Crippen LogP contribution in [0, 0.1) is 31.6 Å². The van der Waals surface area contributed by atoms with E-state index < -0.39 is 18.2 Å². The van der Waals surface area contributed by atoms with Crippen LogP contribution in [-0.4, -0.2) is 41.3 Å². The molecule has 1 saturated carbocycles. The maximum atomic E-state index is 10.6. The number of aliphatic carboxylic acids is 1. The molecule has 170 valence electrons. The number of carboxylic acids is 1. The van der Waals surface area contributed by atoms with Gasteiger partial charge >= 0.3 is 5.97 Å². The highest BCUT2D eigenvalue weighted by atomic mass is 79.9. The zero-order chi connectivity index (χ0) is 23.0. The van der Waals surface area contributed by atoms with Crippen molar-refractivity contribution in [2.75, 3.05) is 0 Å². The van der Waals surface area contributed by atoms with Crippen molar-refractivity contribution in [3.8, 4) is 0 Å². The molecule has 31 heavy (non-hydrogen) atoms. The molecular formula is C24H34BBrO4S. The lowest BCUT2D eigenvalue weighted by atomic mass is 9.80. The van der Waals surface area contributed by atoms with Crippen molar-refractivity contribution in [3.63, 3.8) is 0 Å². The number of aliphatic hydroxyl groups excluding tert-OH is 2. The average molecular weight is 509 g/mol. The molecule has 4 nitrogen and oxygen atoms in total. The lowest BCUT2D eigenvalue weighted by Crippen LogP contribution is -2.19. The van der Waals surface area contributed by atoms with Gasteiger partial charge in [0, 0.05) is 20.6 Å². The largest absolute Gasteiger partial charge is 0.481 e. The summed E-state index contributed by atoms with van der Waals surface area (Å²) in [6.45, 7) is 4.21. The highest BCUT2D eigenvalue weighted by Gasteiger charge is 2.39. The Labute approximate surface area is 200 Å². The Hall–Kier alpha value is -0.885. The first-order valence-electron chi connectivity index (χ1n) is 11.1. The molecule has 1 unspecified atom stereocenters. The highest BCUT2D eigenvalue weighted by Crippen LogP contribution is 2.42. The minimum Gasteiger partial charge on any atom is -0.481 e. The third kappa shape index (κ3) is 7.88. The van der Waals surface area contributed by atoms with Gasteiger partial charge in [0.1, 0.15) is 0 Å². The fourth-order valence-corrected chi connectivity index (χ4v) is 6.12. The van der Waals surface area contributed by atoms with Crippen LogP contribution in [0.15, 0.2) is 28.8 Å². The van der Waals surface area contributed by atoms with Crippen molar-refractivity contribution >= 4 is 41.1 Å². The number of hydrogen-bond acceptors (Lipinski definition) is 4. The Bertz CT molecular complexity index is 776. The van der Waals surface area contributed by atoms with Gasteiger partial charge in [-0.2, -0.15) is 0 Å². The molecule has 1 fully saturated rings. The number of carboxylic acid groups (broad SMARTS) is 1. The summed E-state index contributed by atoms with van der Waals surface area (Å²) in [5.41, 5.74) is 1.26. The van der Waals surface area contributed by atoms with E-state index in [1.165, 1.54) is 19.8 Å². The maximum Gasteiger partial charge on any atom is 0.303 e. The Morgan fingerprint density at radius 2 is 2.10 bits per heavy atom. The number of carbonyl (C=O) groups is 1. The van der Waals surface area contributed by atoms with E-state index >= 15 is 0 Å². The van der Waals surface area contributed by atoms with E-state index in [4.69, 9.17) is 13.0 Å². The molecule has 0 amide bonds. The van der Waals surface area contributed by atoms with E-state index in [1.54, 1.807) is 11.3 Å². The van der Waals surface area contributed by atoms with E-state index in [0.29, 0.717) is 25.6 Å². The molecule has 0 aromatic carbocycles. The lowest BCUT2D eigenvalue weighted by Gasteiger charge is -2.21. The number of aliphatic hydroxyl groups is 2. The van der Waals surface area contributed by atoms with E-state index in [0.717, 1.165) is 19.3 Å². The van der Waals surface area contributed by atoms with Gasteiger partial charge in [-0.05, 0) is 91.6 Å². The van der Waals surface area contributed by atoms with Crippen LogP contribution in [-0.2, 0) is 11.2 Å². The zero-order valence-corrected chi connectivity index (χ0v) is 20.9. The summed E-state index contributed by atoms with van der Waals surface area (Å²) < 4.78 is 1.17. The van der Waals surface area contributed by atoms with E-state index in [-0.39, 0.29) is 24.2 Å². The Kier molecular flexibility index (Phi) is 11.0. The summed E-state index contributed by atoms with van der Waals surface area (Å²) in [7, 11) is 5.96. The molecule has 3 N–H and O–H groups in total. The van der Waals surface area contributed by atoms with Gasteiger partial charge in [0.2, 0.25) is 0 Å². The van der Waals surface area contributed by atoms with Crippen molar-refractivity contribution < 1.29 is 20.1 Å². The number of aryl methyl sites for hydroxylation is 2. The molecular weight excluding hydrogens is 475 g/mol. The Morgan fingerprint density at radius 1 is 1.35 bits per heavy atom. The van der Waals surface area contributed by atoms with Crippen molar-refractivity contribution in [2.24, 2.45) is 17.8 Å². The first kappa shape index (κ1) is 26.4. The number of allylic oxidation sites excluding steroid dienone is 3. The van der Waals surface area contributed by atoms with Crippen molar-refractivity contribution in [2.45, 2.75) is 77.3 Å². The summed E-state index contributed by atoms with van der Waals surface area (Å²) in [4.78, 5) is 13.2. The molecule has 1 aromatic rings. The van der Waals surface area contributed by atoms with Gasteiger partial charge in [-0.3, -0.25) is 4.79 Å². The van der Waals surface area contributed by atoms with Crippen LogP contribution >= 0.6 is 27.3 Å². The van der Waals surface area contributed by atoms with Gasteiger partial charge in [-0.1, -0.05) is 30.6 Å². The third-order valence-electron chi connectivity index (χ3n) is 6.27. The van der Waals surface area contributed by atoms with Crippen LogP contribution in [0.5, 0.6) is 0 Å². The quantitative estimate of drug-likeness (QED) is 0.201. The number of halogens is 1. The SMILES string of the molecule is [B]C[C@@H]1CC(O)[C@H](C/C=C\CCCC(=O)O)[C@H]1/C=C/[C@@H](O)CCc1sc(C)c(Br)c1C. The first-order chi connectivity index (χ1) is 14.7. The molecule has 5 atom stereocenters. The van der Waals surface area contributed by atoms with Crippen molar-refractivity contribution in [1.82, 2.24) is 0 Å². The minimum atomic E-state index is -0.772. The second kappa shape index (κ2) is 13.0. The molecule has 0 bridgehead atoms. The first-order valence-corrected chi connectivity index (χ1v) is 12.7. The summed E-state index contributed by atoms with van der Waals surface area (Å²) in [5, 5.41) is 29.8. The van der Waals surface area contributed by atoms with E-state index in [1.807, 2.05) is 18.2 Å². The topological polar surface area (TPSA) is 77.8 Å². The van der Waals surface area contributed by atoms with Gasteiger partial charge in [0.05, 0.1) is 20.1 Å². The van der Waals surface area contributed by atoms with Gasteiger partial charge in [0.15, 0.2) is 0 Å². The normalized spacial score (nSPS) is 25.1. The standard InChI is InChI=1S/C24H34BBrO4S/c1-15-22(31-16(2)24(15)26)12-10-18(27)9-11-19-17(14-25)13-21(28)20(19)7-5-3-4-6-8-23(29)30/h3,5,9,11,17-21,27-28H,4,6-8,10,12-14H2,1-2H3,(H,29,30)/b5-3-,11-9+/t17-,18+,19-,20+,21?/m0/s1. The predicted octanol–water partition coefficient (Wildman–Crippen LogP) is 5.38. The minimum absolute atomic E-state index is 0.0749. The number of unbranched alkanes of at least 4 members (excludes halogenated alkanes) is 1. The average Bonchev–Trinajstić information content (AvgIpc) is 3.17. The molecule has 2 rings (SSSR count). The lowest BCUT2D eigenvalue weighted by molar-refractivity contribution is -0.137. The molecule has 0 spiro atoms. The Balaban J connectivity index is 1.91.